The first-order valence-corrected chi connectivity index (χ1v) is 9.72. The van der Waals surface area contributed by atoms with E-state index in [1.54, 1.807) is 24.3 Å². The number of halogens is 4. The largest absolute Gasteiger partial charge is 0.491 e. The average Bonchev–Trinajstić information content (AvgIpc) is 2.69. The van der Waals surface area contributed by atoms with Crippen molar-refractivity contribution in [2.75, 3.05) is 26.2 Å². The normalized spacial score (nSPS) is 18.4. The van der Waals surface area contributed by atoms with Crippen LogP contribution in [0.2, 0.25) is 5.02 Å². The molecule has 0 spiro atoms. The fourth-order valence-electron chi connectivity index (χ4n) is 3.45. The van der Waals surface area contributed by atoms with Crippen molar-refractivity contribution in [3.8, 4) is 5.75 Å². The van der Waals surface area contributed by atoms with Crippen LogP contribution in [0.4, 0.5) is 13.2 Å². The lowest BCUT2D eigenvalue weighted by molar-refractivity contribution is -0.137. The molecule has 29 heavy (non-hydrogen) atoms. The molecule has 3 rings (SSSR count). The van der Waals surface area contributed by atoms with E-state index >= 15 is 0 Å². The molecule has 2 aromatic carbocycles. The molecular formula is C21H23ClF3NO3. The topological polar surface area (TPSA) is 52.9 Å². The molecule has 0 radical (unpaired) electrons. The van der Waals surface area contributed by atoms with Gasteiger partial charge in [0, 0.05) is 24.7 Å². The van der Waals surface area contributed by atoms with Gasteiger partial charge in [0.15, 0.2) is 0 Å². The Bertz CT molecular complexity index is 806. The summed E-state index contributed by atoms with van der Waals surface area (Å²) in [6, 6.07) is 11.7. The van der Waals surface area contributed by atoms with Gasteiger partial charge in [0.05, 0.1) is 11.2 Å². The molecule has 1 aliphatic rings. The minimum absolute atomic E-state index is 0.107. The SMILES string of the molecule is O[C@@H](COc1ccc(Cl)cc1)CN1CCC(O)(c2cccc(C(F)(F)F)c2)CC1. The van der Waals surface area contributed by atoms with E-state index in [2.05, 4.69) is 0 Å². The number of rotatable bonds is 6. The number of piperidine rings is 1. The lowest BCUT2D eigenvalue weighted by atomic mass is 9.83. The van der Waals surface area contributed by atoms with Crippen LogP contribution < -0.4 is 4.74 Å². The van der Waals surface area contributed by atoms with Crippen LogP contribution in [-0.2, 0) is 11.8 Å². The number of hydrogen-bond donors (Lipinski definition) is 2. The quantitative estimate of drug-likeness (QED) is 0.726. The molecule has 1 heterocycles. The van der Waals surface area contributed by atoms with E-state index in [4.69, 9.17) is 16.3 Å². The minimum atomic E-state index is -4.44. The maximum Gasteiger partial charge on any atom is 0.416 e. The van der Waals surface area contributed by atoms with Gasteiger partial charge in [-0.25, -0.2) is 0 Å². The zero-order valence-corrected chi connectivity index (χ0v) is 16.5. The van der Waals surface area contributed by atoms with Crippen molar-refractivity contribution in [1.29, 1.82) is 0 Å². The first-order valence-electron chi connectivity index (χ1n) is 9.35. The van der Waals surface area contributed by atoms with Gasteiger partial charge in [-0.1, -0.05) is 23.7 Å². The molecule has 1 atom stereocenters. The number of alkyl halides is 3. The number of ether oxygens (including phenoxy) is 1. The third kappa shape index (κ3) is 5.85. The smallest absolute Gasteiger partial charge is 0.416 e. The fraction of sp³-hybridized carbons (Fsp3) is 0.429. The number of β-amino-alcohol motifs (C(OH)–C–C–N with tert-alkyl or cyclic N) is 1. The number of nitrogens with zero attached hydrogens (tertiary/aromatic N) is 1. The second-order valence-electron chi connectivity index (χ2n) is 7.33. The van der Waals surface area contributed by atoms with Gasteiger partial charge >= 0.3 is 6.18 Å². The molecule has 2 N–H and O–H groups in total. The fourth-order valence-corrected chi connectivity index (χ4v) is 3.58. The second-order valence-corrected chi connectivity index (χ2v) is 7.77. The van der Waals surface area contributed by atoms with Crippen molar-refractivity contribution in [3.05, 3.63) is 64.7 Å². The molecule has 4 nitrogen and oxygen atoms in total. The third-order valence-electron chi connectivity index (χ3n) is 5.14. The van der Waals surface area contributed by atoms with Gasteiger partial charge in [0.2, 0.25) is 0 Å². The minimum Gasteiger partial charge on any atom is -0.491 e. The molecule has 1 aliphatic heterocycles. The molecule has 0 saturated carbocycles. The Hall–Kier alpha value is -1.80. The molecule has 158 valence electrons. The Balaban J connectivity index is 1.51. The van der Waals surface area contributed by atoms with E-state index in [1.165, 1.54) is 12.1 Å². The van der Waals surface area contributed by atoms with Gasteiger partial charge in [-0.05, 0) is 54.8 Å². The molecule has 0 aliphatic carbocycles. The van der Waals surface area contributed by atoms with Gasteiger partial charge in [-0.2, -0.15) is 13.2 Å². The Morgan fingerprint density at radius 2 is 1.76 bits per heavy atom. The van der Waals surface area contributed by atoms with Crippen LogP contribution in [0.3, 0.4) is 0 Å². The Labute approximate surface area is 172 Å². The van der Waals surface area contributed by atoms with Crippen molar-refractivity contribution in [3.63, 3.8) is 0 Å². The van der Waals surface area contributed by atoms with E-state index < -0.39 is 23.4 Å². The number of benzene rings is 2. The molecule has 0 unspecified atom stereocenters. The van der Waals surface area contributed by atoms with Crippen LogP contribution in [0.25, 0.3) is 0 Å². The predicted octanol–water partition coefficient (Wildman–Crippen LogP) is 4.08. The summed E-state index contributed by atoms with van der Waals surface area (Å²) < 4.78 is 44.4. The molecule has 0 amide bonds. The van der Waals surface area contributed by atoms with Crippen LogP contribution >= 0.6 is 11.6 Å². The summed E-state index contributed by atoms with van der Waals surface area (Å²) in [5.41, 5.74) is -1.79. The molecule has 0 bridgehead atoms. The van der Waals surface area contributed by atoms with Crippen molar-refractivity contribution in [1.82, 2.24) is 4.90 Å². The van der Waals surface area contributed by atoms with Crippen molar-refractivity contribution < 1.29 is 28.1 Å². The van der Waals surface area contributed by atoms with E-state index in [1.807, 2.05) is 4.90 Å². The van der Waals surface area contributed by atoms with Gasteiger partial charge in [-0.3, -0.25) is 0 Å². The Morgan fingerprint density at radius 3 is 2.38 bits per heavy atom. The van der Waals surface area contributed by atoms with E-state index in [-0.39, 0.29) is 12.2 Å². The van der Waals surface area contributed by atoms with Crippen molar-refractivity contribution in [2.45, 2.75) is 30.7 Å². The molecular weight excluding hydrogens is 407 g/mol. The van der Waals surface area contributed by atoms with Crippen LogP contribution in [0, 0.1) is 0 Å². The Morgan fingerprint density at radius 1 is 1.10 bits per heavy atom. The monoisotopic (exact) mass is 429 g/mol. The van der Waals surface area contributed by atoms with Crippen LogP contribution in [0.5, 0.6) is 5.75 Å². The predicted molar refractivity (Wildman–Crippen MR) is 104 cm³/mol. The summed E-state index contributed by atoms with van der Waals surface area (Å²) in [6.45, 7) is 1.39. The van der Waals surface area contributed by atoms with Crippen molar-refractivity contribution >= 4 is 11.6 Å². The Kier molecular flexibility index (Phi) is 6.73. The van der Waals surface area contributed by atoms with E-state index in [0.29, 0.717) is 43.2 Å². The third-order valence-corrected chi connectivity index (χ3v) is 5.39. The van der Waals surface area contributed by atoms with Crippen LogP contribution in [0.15, 0.2) is 48.5 Å². The number of likely N-dealkylation sites (tertiary alicyclic amines) is 1. The van der Waals surface area contributed by atoms with Gasteiger partial charge in [0.25, 0.3) is 0 Å². The first kappa shape index (κ1) is 21.9. The maximum atomic E-state index is 12.9. The summed E-state index contributed by atoms with van der Waals surface area (Å²) in [5, 5.41) is 21.7. The average molecular weight is 430 g/mol. The van der Waals surface area contributed by atoms with Crippen LogP contribution in [0.1, 0.15) is 24.0 Å². The highest BCUT2D eigenvalue weighted by atomic mass is 35.5. The van der Waals surface area contributed by atoms with E-state index in [9.17, 15) is 23.4 Å². The maximum absolute atomic E-state index is 12.9. The highest BCUT2D eigenvalue weighted by Gasteiger charge is 2.37. The molecule has 1 saturated heterocycles. The number of aliphatic hydroxyl groups is 2. The molecule has 0 aromatic heterocycles. The first-order chi connectivity index (χ1) is 13.7. The zero-order chi connectivity index (χ0) is 21.1. The molecule has 2 aromatic rings. The molecule has 1 fully saturated rings. The van der Waals surface area contributed by atoms with Gasteiger partial charge in [0.1, 0.15) is 18.5 Å². The summed E-state index contributed by atoms with van der Waals surface area (Å²) in [4.78, 5) is 1.97. The van der Waals surface area contributed by atoms with Crippen LogP contribution in [-0.4, -0.2) is 47.5 Å². The summed E-state index contributed by atoms with van der Waals surface area (Å²) >= 11 is 5.81. The highest BCUT2D eigenvalue weighted by molar-refractivity contribution is 6.30. The standard InChI is InChI=1S/C21H23ClF3NO3/c22-17-4-6-19(7-5-17)29-14-18(27)13-26-10-8-20(28,9-11-26)15-2-1-3-16(12-15)21(23,24)25/h1-7,12,18,27-28H,8-11,13-14H2/t18-/m1/s1. The van der Waals surface area contributed by atoms with Gasteiger partial charge in [-0.15, -0.1) is 0 Å². The van der Waals surface area contributed by atoms with Gasteiger partial charge < -0.3 is 19.8 Å². The lowest BCUT2D eigenvalue weighted by Gasteiger charge is -2.39. The summed E-state index contributed by atoms with van der Waals surface area (Å²) in [6.07, 6.45) is -4.59. The second kappa shape index (κ2) is 8.92. The summed E-state index contributed by atoms with van der Waals surface area (Å²) in [7, 11) is 0. The van der Waals surface area contributed by atoms with Crippen molar-refractivity contribution in [2.24, 2.45) is 0 Å². The van der Waals surface area contributed by atoms with E-state index in [0.717, 1.165) is 12.1 Å². The summed E-state index contributed by atoms with van der Waals surface area (Å²) in [5.74, 6) is 0.603. The number of hydrogen-bond acceptors (Lipinski definition) is 4. The zero-order valence-electron chi connectivity index (χ0n) is 15.7. The number of aliphatic hydroxyl groups excluding tert-OH is 1. The highest BCUT2D eigenvalue weighted by Crippen LogP contribution is 2.36. The lowest BCUT2D eigenvalue weighted by Crippen LogP contribution is -2.46. The molecule has 8 heteroatoms.